The summed E-state index contributed by atoms with van der Waals surface area (Å²) < 4.78 is 5.17. The third-order valence-corrected chi connectivity index (χ3v) is 5.47. The molecule has 6 nitrogen and oxygen atoms in total. The Kier molecular flexibility index (Phi) is 6.61. The predicted molar refractivity (Wildman–Crippen MR) is 115 cm³/mol. The number of rotatable bonds is 7. The van der Waals surface area contributed by atoms with E-state index in [0.29, 0.717) is 17.1 Å². The first-order valence-electron chi connectivity index (χ1n) is 9.17. The van der Waals surface area contributed by atoms with E-state index in [1.807, 2.05) is 73.6 Å². The maximum atomic E-state index is 12.4. The zero-order chi connectivity index (χ0) is 20.8. The van der Waals surface area contributed by atoms with Crippen molar-refractivity contribution in [1.82, 2.24) is 10.3 Å². The van der Waals surface area contributed by atoms with Crippen LogP contribution < -0.4 is 10.2 Å². The number of carbonyl (C=O) groups is 2. The maximum Gasteiger partial charge on any atom is 0.350 e. The van der Waals surface area contributed by atoms with Crippen molar-refractivity contribution in [3.05, 3.63) is 70.7 Å². The number of aryl methyl sites for hydroxylation is 1. The van der Waals surface area contributed by atoms with Crippen molar-refractivity contribution in [2.75, 3.05) is 25.6 Å². The standard InChI is InChI=1S/C22H23N3O3S/c1-15-20(29-21(24-15)17-7-5-4-6-8-17)22(27)28-14-19(26)23-13-16-9-11-18(12-10-16)25(2)3/h4-12H,13-14H2,1-3H3,(H,23,26). The van der Waals surface area contributed by atoms with E-state index in [0.717, 1.165) is 21.8 Å². The van der Waals surface area contributed by atoms with Crippen molar-refractivity contribution in [3.63, 3.8) is 0 Å². The summed E-state index contributed by atoms with van der Waals surface area (Å²) in [4.78, 5) is 31.2. The lowest BCUT2D eigenvalue weighted by Crippen LogP contribution is -2.28. The molecule has 1 amide bonds. The second-order valence-electron chi connectivity index (χ2n) is 6.71. The number of nitrogens with zero attached hydrogens (tertiary/aromatic N) is 2. The fourth-order valence-electron chi connectivity index (χ4n) is 2.65. The first kappa shape index (κ1) is 20.5. The molecule has 0 atom stereocenters. The largest absolute Gasteiger partial charge is 0.451 e. The highest BCUT2D eigenvalue weighted by Gasteiger charge is 2.18. The Balaban J connectivity index is 1.51. The van der Waals surface area contributed by atoms with Gasteiger partial charge in [0.2, 0.25) is 0 Å². The molecule has 3 rings (SSSR count). The smallest absolute Gasteiger partial charge is 0.350 e. The molecule has 0 fully saturated rings. The highest BCUT2D eigenvalue weighted by atomic mass is 32.1. The number of esters is 1. The lowest BCUT2D eigenvalue weighted by molar-refractivity contribution is -0.124. The summed E-state index contributed by atoms with van der Waals surface area (Å²) in [5, 5.41) is 3.51. The predicted octanol–water partition coefficient (Wildman–Crippen LogP) is 3.66. The summed E-state index contributed by atoms with van der Waals surface area (Å²) in [6.45, 7) is 1.81. The molecule has 0 aliphatic heterocycles. The van der Waals surface area contributed by atoms with Gasteiger partial charge in [-0.3, -0.25) is 4.79 Å². The van der Waals surface area contributed by atoms with Gasteiger partial charge in [0, 0.05) is 31.9 Å². The number of hydrogen-bond acceptors (Lipinski definition) is 6. The van der Waals surface area contributed by atoms with Crippen LogP contribution in [0.5, 0.6) is 0 Å². The summed E-state index contributed by atoms with van der Waals surface area (Å²) in [7, 11) is 3.94. The Bertz CT molecular complexity index is 982. The second-order valence-corrected chi connectivity index (χ2v) is 7.71. The normalized spacial score (nSPS) is 10.4. The SMILES string of the molecule is Cc1nc(-c2ccccc2)sc1C(=O)OCC(=O)NCc1ccc(N(C)C)cc1. The summed E-state index contributed by atoms with van der Waals surface area (Å²) in [5.41, 5.74) is 3.60. The first-order valence-corrected chi connectivity index (χ1v) is 9.98. The van der Waals surface area contributed by atoms with Crippen LogP contribution in [0.1, 0.15) is 20.9 Å². The van der Waals surface area contributed by atoms with Crippen LogP contribution in [-0.2, 0) is 16.1 Å². The Morgan fingerprint density at radius 1 is 1.07 bits per heavy atom. The molecular weight excluding hydrogens is 386 g/mol. The minimum absolute atomic E-state index is 0.327. The van der Waals surface area contributed by atoms with Gasteiger partial charge in [-0.05, 0) is 24.6 Å². The van der Waals surface area contributed by atoms with Gasteiger partial charge >= 0.3 is 5.97 Å². The first-order chi connectivity index (χ1) is 13.9. The van der Waals surface area contributed by atoms with E-state index in [1.165, 1.54) is 11.3 Å². The number of carbonyl (C=O) groups excluding carboxylic acids is 2. The lowest BCUT2D eigenvalue weighted by atomic mass is 10.2. The molecule has 0 unspecified atom stereocenters. The van der Waals surface area contributed by atoms with E-state index in [4.69, 9.17) is 4.74 Å². The quantitative estimate of drug-likeness (QED) is 0.603. The zero-order valence-electron chi connectivity index (χ0n) is 16.6. The van der Waals surface area contributed by atoms with Crippen LogP contribution >= 0.6 is 11.3 Å². The minimum Gasteiger partial charge on any atom is -0.451 e. The van der Waals surface area contributed by atoms with Gasteiger partial charge in [-0.25, -0.2) is 9.78 Å². The van der Waals surface area contributed by atoms with Crippen LogP contribution in [0.3, 0.4) is 0 Å². The summed E-state index contributed by atoms with van der Waals surface area (Å²) in [5.74, 6) is -0.881. The Morgan fingerprint density at radius 3 is 2.41 bits per heavy atom. The molecule has 0 bridgehead atoms. The van der Waals surface area contributed by atoms with Crippen LogP contribution in [0.25, 0.3) is 10.6 Å². The van der Waals surface area contributed by atoms with E-state index in [9.17, 15) is 9.59 Å². The molecule has 2 aromatic carbocycles. The fourth-order valence-corrected chi connectivity index (χ4v) is 3.62. The van der Waals surface area contributed by atoms with Crippen LogP contribution in [0.2, 0.25) is 0 Å². The Labute approximate surface area is 174 Å². The molecule has 1 aromatic heterocycles. The summed E-state index contributed by atoms with van der Waals surface area (Å²) >= 11 is 1.26. The number of amides is 1. The molecule has 0 saturated carbocycles. The van der Waals surface area contributed by atoms with Crippen molar-refractivity contribution < 1.29 is 14.3 Å². The second kappa shape index (κ2) is 9.34. The van der Waals surface area contributed by atoms with Crippen molar-refractivity contribution >= 4 is 28.9 Å². The van der Waals surface area contributed by atoms with E-state index < -0.39 is 5.97 Å². The highest BCUT2D eigenvalue weighted by molar-refractivity contribution is 7.17. The van der Waals surface area contributed by atoms with Gasteiger partial charge in [-0.15, -0.1) is 11.3 Å². The number of anilines is 1. The number of ether oxygens (including phenoxy) is 1. The average molecular weight is 410 g/mol. The molecule has 29 heavy (non-hydrogen) atoms. The van der Waals surface area contributed by atoms with E-state index in [2.05, 4.69) is 10.3 Å². The summed E-state index contributed by atoms with van der Waals surface area (Å²) in [6, 6.07) is 17.5. The molecule has 1 heterocycles. The number of hydrogen-bond donors (Lipinski definition) is 1. The minimum atomic E-state index is -0.535. The maximum absolute atomic E-state index is 12.4. The van der Waals surface area contributed by atoms with E-state index in [-0.39, 0.29) is 12.5 Å². The van der Waals surface area contributed by atoms with Crippen LogP contribution in [0.15, 0.2) is 54.6 Å². The van der Waals surface area contributed by atoms with Crippen LogP contribution in [0, 0.1) is 6.92 Å². The van der Waals surface area contributed by atoms with Gasteiger partial charge in [-0.2, -0.15) is 0 Å². The van der Waals surface area contributed by atoms with E-state index >= 15 is 0 Å². The molecular formula is C22H23N3O3S. The van der Waals surface area contributed by atoms with Crippen molar-refractivity contribution in [2.24, 2.45) is 0 Å². The average Bonchev–Trinajstić information content (AvgIpc) is 3.13. The number of benzene rings is 2. The molecule has 0 saturated heterocycles. The zero-order valence-corrected chi connectivity index (χ0v) is 17.5. The highest BCUT2D eigenvalue weighted by Crippen LogP contribution is 2.28. The number of nitrogens with one attached hydrogen (secondary N) is 1. The van der Waals surface area contributed by atoms with Crippen molar-refractivity contribution in [1.29, 1.82) is 0 Å². The fraction of sp³-hybridized carbons (Fsp3) is 0.227. The van der Waals surface area contributed by atoms with Crippen molar-refractivity contribution in [2.45, 2.75) is 13.5 Å². The topological polar surface area (TPSA) is 71.5 Å². The molecule has 0 aliphatic rings. The monoisotopic (exact) mass is 409 g/mol. The molecule has 0 radical (unpaired) electrons. The summed E-state index contributed by atoms with van der Waals surface area (Å²) in [6.07, 6.45) is 0. The Hall–Kier alpha value is -3.19. The van der Waals surface area contributed by atoms with Crippen molar-refractivity contribution in [3.8, 4) is 10.6 Å². The van der Waals surface area contributed by atoms with Gasteiger partial charge in [0.05, 0.1) is 5.69 Å². The van der Waals surface area contributed by atoms with Crippen LogP contribution in [-0.4, -0.2) is 37.6 Å². The lowest BCUT2D eigenvalue weighted by Gasteiger charge is -2.13. The number of aromatic nitrogens is 1. The van der Waals surface area contributed by atoms with Gasteiger partial charge in [0.1, 0.15) is 9.88 Å². The van der Waals surface area contributed by atoms with Gasteiger partial charge < -0.3 is 15.0 Å². The molecule has 1 N–H and O–H groups in total. The third kappa shape index (κ3) is 5.42. The van der Waals surface area contributed by atoms with Crippen LogP contribution in [0.4, 0.5) is 5.69 Å². The van der Waals surface area contributed by atoms with Gasteiger partial charge in [0.25, 0.3) is 5.91 Å². The molecule has 0 aliphatic carbocycles. The molecule has 7 heteroatoms. The molecule has 3 aromatic rings. The number of thiazole rings is 1. The molecule has 150 valence electrons. The van der Waals surface area contributed by atoms with E-state index in [1.54, 1.807) is 6.92 Å². The van der Waals surface area contributed by atoms with Gasteiger partial charge in [-0.1, -0.05) is 42.5 Å². The van der Waals surface area contributed by atoms with Gasteiger partial charge in [0.15, 0.2) is 6.61 Å². The third-order valence-electron chi connectivity index (χ3n) is 4.28. The Morgan fingerprint density at radius 2 is 1.76 bits per heavy atom. The molecule has 0 spiro atoms.